The summed E-state index contributed by atoms with van der Waals surface area (Å²) in [5.41, 5.74) is -0.906. The normalized spacial score (nSPS) is 13.4. The van der Waals surface area contributed by atoms with Crippen molar-refractivity contribution in [2.45, 2.75) is 37.9 Å². The van der Waals surface area contributed by atoms with Crippen molar-refractivity contribution in [1.29, 1.82) is 0 Å². The third kappa shape index (κ3) is 2.35. The van der Waals surface area contributed by atoms with Crippen LogP contribution in [0.15, 0.2) is 5.16 Å². The first-order valence-corrected chi connectivity index (χ1v) is 5.86. The molecule has 0 saturated heterocycles. The van der Waals surface area contributed by atoms with Gasteiger partial charge in [0.25, 0.3) is 21.6 Å². The molecule has 0 atom stereocenters. The first kappa shape index (κ1) is 13.0. The molecule has 2 N–H and O–H groups in total. The lowest BCUT2D eigenvalue weighted by molar-refractivity contribution is 0.126. The molecule has 0 bridgehead atoms. The van der Waals surface area contributed by atoms with Crippen molar-refractivity contribution < 1.29 is 17.2 Å². The van der Waals surface area contributed by atoms with Crippen molar-refractivity contribution in [3.8, 4) is 0 Å². The maximum absolute atomic E-state index is 12.6. The van der Waals surface area contributed by atoms with Gasteiger partial charge in [-0.05, 0) is 20.8 Å². The summed E-state index contributed by atoms with van der Waals surface area (Å²) in [6.45, 7) is 4.66. The van der Waals surface area contributed by atoms with E-state index in [9.17, 15) is 17.2 Å². The summed E-state index contributed by atoms with van der Waals surface area (Å²) in [5, 5.41) is 10.6. The zero-order valence-corrected chi connectivity index (χ0v) is 9.79. The molecule has 1 aromatic rings. The van der Waals surface area contributed by atoms with E-state index in [4.69, 9.17) is 5.14 Å². The highest BCUT2D eigenvalue weighted by Gasteiger charge is 2.32. The van der Waals surface area contributed by atoms with Crippen LogP contribution in [0.5, 0.6) is 0 Å². The average molecular weight is 254 g/mol. The number of sulfonamides is 1. The van der Waals surface area contributed by atoms with Gasteiger partial charge in [0.2, 0.25) is 5.82 Å². The highest BCUT2D eigenvalue weighted by atomic mass is 32.2. The summed E-state index contributed by atoms with van der Waals surface area (Å²) in [6, 6.07) is 0. The van der Waals surface area contributed by atoms with Crippen LogP contribution in [0.25, 0.3) is 0 Å². The number of nitrogens with two attached hydrogens (primary N) is 1. The van der Waals surface area contributed by atoms with Crippen LogP contribution in [0, 0.1) is 0 Å². The van der Waals surface area contributed by atoms with Crippen LogP contribution in [-0.2, 0) is 15.6 Å². The summed E-state index contributed by atoms with van der Waals surface area (Å²) in [6.07, 6.45) is -2.91. The second-order valence-electron chi connectivity index (χ2n) is 4.19. The second kappa shape index (κ2) is 3.74. The first-order chi connectivity index (χ1) is 7.05. The topological polar surface area (TPSA) is 90.9 Å². The van der Waals surface area contributed by atoms with E-state index in [0.29, 0.717) is 0 Å². The largest absolute Gasteiger partial charge is 0.297 e. The van der Waals surface area contributed by atoms with Crippen LogP contribution >= 0.6 is 0 Å². The van der Waals surface area contributed by atoms with E-state index in [2.05, 4.69) is 10.2 Å². The van der Waals surface area contributed by atoms with Crippen LogP contribution in [0.3, 0.4) is 0 Å². The number of primary sulfonamides is 1. The molecular formula is C7H12F2N4O2S. The number of rotatable bonds is 2. The molecule has 1 rings (SSSR count). The Balaban J connectivity index is 3.56. The molecule has 92 valence electrons. The van der Waals surface area contributed by atoms with E-state index >= 15 is 0 Å². The van der Waals surface area contributed by atoms with Crippen molar-refractivity contribution in [3.63, 3.8) is 0 Å². The summed E-state index contributed by atoms with van der Waals surface area (Å²) in [7, 11) is -4.17. The average Bonchev–Trinajstić information content (AvgIpc) is 2.43. The molecule has 0 aromatic carbocycles. The van der Waals surface area contributed by atoms with E-state index < -0.39 is 33.0 Å². The van der Waals surface area contributed by atoms with Gasteiger partial charge in [0.1, 0.15) is 0 Å². The van der Waals surface area contributed by atoms with Gasteiger partial charge in [-0.25, -0.2) is 22.3 Å². The third-order valence-electron chi connectivity index (χ3n) is 1.78. The maximum atomic E-state index is 12.6. The molecule has 0 radical (unpaired) electrons. The smallest absolute Gasteiger partial charge is 0.291 e. The molecule has 0 unspecified atom stereocenters. The number of hydrogen-bond acceptors (Lipinski definition) is 4. The predicted molar refractivity (Wildman–Crippen MR) is 51.3 cm³/mol. The van der Waals surface area contributed by atoms with Crippen molar-refractivity contribution in [1.82, 2.24) is 14.8 Å². The van der Waals surface area contributed by atoms with E-state index in [1.54, 1.807) is 20.8 Å². The van der Waals surface area contributed by atoms with Crippen LogP contribution in [0.1, 0.15) is 33.0 Å². The first-order valence-electron chi connectivity index (χ1n) is 4.32. The Kier molecular flexibility index (Phi) is 3.03. The Morgan fingerprint density at radius 1 is 1.31 bits per heavy atom. The Hall–Kier alpha value is -1.09. The zero-order chi connectivity index (χ0) is 12.7. The Morgan fingerprint density at radius 3 is 2.12 bits per heavy atom. The molecule has 9 heteroatoms. The van der Waals surface area contributed by atoms with Crippen molar-refractivity contribution in [2.24, 2.45) is 5.14 Å². The minimum Gasteiger partial charge on any atom is -0.291 e. The number of nitrogens with zero attached hydrogens (tertiary/aromatic N) is 3. The minimum atomic E-state index is -4.17. The van der Waals surface area contributed by atoms with E-state index in [-0.39, 0.29) is 0 Å². The van der Waals surface area contributed by atoms with Gasteiger partial charge < -0.3 is 0 Å². The highest BCUT2D eigenvalue weighted by molar-refractivity contribution is 7.89. The monoisotopic (exact) mass is 254 g/mol. The Bertz CT molecular complexity index is 489. The third-order valence-corrected chi connectivity index (χ3v) is 2.55. The van der Waals surface area contributed by atoms with Gasteiger partial charge >= 0.3 is 0 Å². The lowest BCUT2D eigenvalue weighted by Crippen LogP contribution is -2.30. The lowest BCUT2D eigenvalue weighted by Gasteiger charge is -2.23. The lowest BCUT2D eigenvalue weighted by atomic mass is 10.1. The van der Waals surface area contributed by atoms with Crippen LogP contribution in [0.4, 0.5) is 8.78 Å². The van der Waals surface area contributed by atoms with Gasteiger partial charge in [-0.15, -0.1) is 10.2 Å². The van der Waals surface area contributed by atoms with Gasteiger partial charge in [0, 0.05) is 5.54 Å². The van der Waals surface area contributed by atoms with E-state index in [1.165, 1.54) is 0 Å². The molecule has 16 heavy (non-hydrogen) atoms. The van der Waals surface area contributed by atoms with Gasteiger partial charge in [0.15, 0.2) is 0 Å². The highest BCUT2D eigenvalue weighted by Crippen LogP contribution is 2.26. The summed E-state index contributed by atoms with van der Waals surface area (Å²) in [5.74, 6) is -0.712. The molecular weight excluding hydrogens is 242 g/mol. The van der Waals surface area contributed by atoms with Crippen LogP contribution in [-0.4, -0.2) is 23.2 Å². The zero-order valence-electron chi connectivity index (χ0n) is 8.98. The van der Waals surface area contributed by atoms with Gasteiger partial charge in [-0.3, -0.25) is 4.57 Å². The molecule has 1 heterocycles. The quantitative estimate of drug-likeness (QED) is 0.837. The van der Waals surface area contributed by atoms with Crippen LogP contribution in [0.2, 0.25) is 0 Å². The fourth-order valence-corrected chi connectivity index (χ4v) is 2.01. The van der Waals surface area contributed by atoms with Crippen molar-refractivity contribution in [2.75, 3.05) is 0 Å². The number of aromatic nitrogens is 3. The molecule has 0 aliphatic rings. The summed E-state index contributed by atoms with van der Waals surface area (Å²) < 4.78 is 48.3. The molecule has 0 spiro atoms. The SMILES string of the molecule is CC(C)(C)n1c(C(F)F)nnc1S(N)(=O)=O. The molecule has 1 aromatic heterocycles. The standard InChI is InChI=1S/C7H12F2N4O2S/c1-7(2,3)13-5(4(8)9)11-12-6(13)16(10,14)15/h4H,1-3H3,(H2,10,14,15). The van der Waals surface area contributed by atoms with E-state index in [0.717, 1.165) is 4.57 Å². The predicted octanol–water partition coefficient (Wildman–Crippen LogP) is 0.618. The van der Waals surface area contributed by atoms with Gasteiger partial charge in [-0.1, -0.05) is 0 Å². The number of alkyl halides is 2. The van der Waals surface area contributed by atoms with E-state index in [1.807, 2.05) is 0 Å². The van der Waals surface area contributed by atoms with Crippen LogP contribution < -0.4 is 5.14 Å². The second-order valence-corrected chi connectivity index (χ2v) is 5.65. The number of halogens is 2. The molecule has 0 saturated carbocycles. The fraction of sp³-hybridized carbons (Fsp3) is 0.714. The van der Waals surface area contributed by atoms with Gasteiger partial charge in [-0.2, -0.15) is 0 Å². The summed E-state index contributed by atoms with van der Waals surface area (Å²) >= 11 is 0. The van der Waals surface area contributed by atoms with Gasteiger partial charge in [0.05, 0.1) is 0 Å². The maximum Gasteiger partial charge on any atom is 0.297 e. The minimum absolute atomic E-state index is 0.657. The van der Waals surface area contributed by atoms with Crippen molar-refractivity contribution in [3.05, 3.63) is 5.82 Å². The molecule has 6 nitrogen and oxygen atoms in total. The van der Waals surface area contributed by atoms with Crippen molar-refractivity contribution >= 4 is 10.0 Å². The summed E-state index contributed by atoms with van der Waals surface area (Å²) in [4.78, 5) is 0. The molecule has 0 fully saturated rings. The molecule has 0 aliphatic carbocycles. The molecule has 0 amide bonds. The number of hydrogen-bond donors (Lipinski definition) is 1. The fourth-order valence-electron chi connectivity index (χ4n) is 1.24. The Morgan fingerprint density at radius 2 is 1.81 bits per heavy atom. The Labute approximate surface area is 91.5 Å². The molecule has 0 aliphatic heterocycles.